The molecule has 0 fully saturated rings. The van der Waals surface area contributed by atoms with Gasteiger partial charge in [-0.3, -0.25) is 14.4 Å². The highest BCUT2D eigenvalue weighted by molar-refractivity contribution is 6.20. The summed E-state index contributed by atoms with van der Waals surface area (Å²) >= 11 is 0. The van der Waals surface area contributed by atoms with Crippen LogP contribution in [0.5, 0.6) is 0 Å². The van der Waals surface area contributed by atoms with E-state index < -0.39 is 60.6 Å². The van der Waals surface area contributed by atoms with E-state index >= 15 is 0 Å². The molecule has 1 aliphatic heterocycles. The first-order valence-electron chi connectivity index (χ1n) is 12.2. The van der Waals surface area contributed by atoms with Gasteiger partial charge >= 0.3 is 6.18 Å². The Balaban J connectivity index is 1.75. The number of para-hydroxylation sites is 1. The quantitative estimate of drug-likeness (QED) is 0.360. The van der Waals surface area contributed by atoms with Gasteiger partial charge in [0.1, 0.15) is 12.1 Å². The number of hydrogen-bond acceptors (Lipinski definition) is 6. The normalized spacial score (nSPS) is 16.7. The average Bonchev–Trinajstić information content (AvgIpc) is 3.23. The van der Waals surface area contributed by atoms with Gasteiger partial charge in [-0.2, -0.15) is 13.2 Å². The van der Waals surface area contributed by atoms with Gasteiger partial charge in [0.2, 0.25) is 18.0 Å². The molecular formula is C27H25F4N5O4. The fraction of sp³-hybridized carbons (Fsp3) is 0.296. The molecule has 0 radical (unpaired) electrons. The first-order chi connectivity index (χ1) is 18.9. The lowest BCUT2D eigenvalue weighted by Gasteiger charge is -2.25. The van der Waals surface area contributed by atoms with Crippen LogP contribution in [0.3, 0.4) is 0 Å². The van der Waals surface area contributed by atoms with Crippen LogP contribution in [-0.4, -0.2) is 40.9 Å². The smallest absolute Gasteiger partial charge is 0.369 e. The van der Waals surface area contributed by atoms with E-state index in [1.165, 1.54) is 31.2 Å². The number of nitrogens with zero attached hydrogens (tertiary/aromatic N) is 2. The van der Waals surface area contributed by atoms with Crippen LogP contribution in [0.2, 0.25) is 0 Å². The number of alkyl halides is 3. The summed E-state index contributed by atoms with van der Waals surface area (Å²) in [6.07, 6.45) is -7.41. The second kappa shape index (κ2) is 11.3. The molecule has 4 rings (SSSR count). The zero-order chi connectivity index (χ0) is 29.2. The van der Waals surface area contributed by atoms with Crippen LogP contribution >= 0.6 is 0 Å². The van der Waals surface area contributed by atoms with Crippen LogP contribution in [0.4, 0.5) is 23.2 Å². The highest BCUT2D eigenvalue weighted by Crippen LogP contribution is 2.34. The number of nitrogens with one attached hydrogen (secondary N) is 2. The third kappa shape index (κ3) is 6.19. The van der Waals surface area contributed by atoms with Crippen molar-refractivity contribution in [2.45, 2.75) is 44.9 Å². The summed E-state index contributed by atoms with van der Waals surface area (Å²) in [4.78, 5) is 43.6. The minimum Gasteiger partial charge on any atom is -0.369 e. The number of fused-ring (bicyclic) bond motifs is 1. The number of aryl methyl sites for hydroxylation is 2. The number of halogens is 4. The van der Waals surface area contributed by atoms with Crippen LogP contribution in [0.25, 0.3) is 0 Å². The highest BCUT2D eigenvalue weighted by atomic mass is 19.4. The van der Waals surface area contributed by atoms with Crippen LogP contribution in [-0.2, 0) is 14.4 Å². The van der Waals surface area contributed by atoms with E-state index in [2.05, 4.69) is 20.8 Å². The molecule has 4 N–H and O–H groups in total. The summed E-state index contributed by atoms with van der Waals surface area (Å²) in [5, 5.41) is 8.73. The van der Waals surface area contributed by atoms with Gasteiger partial charge in [-0.1, -0.05) is 23.4 Å². The molecule has 2 heterocycles. The number of carbonyl (C=O) groups is 3. The summed E-state index contributed by atoms with van der Waals surface area (Å²) in [6.45, 7) is 3.19. The van der Waals surface area contributed by atoms with E-state index in [1.807, 2.05) is 0 Å². The molecular weight excluding hydrogens is 534 g/mol. The van der Waals surface area contributed by atoms with Crippen molar-refractivity contribution in [2.75, 3.05) is 5.32 Å². The van der Waals surface area contributed by atoms with Crippen molar-refractivity contribution in [3.05, 3.63) is 82.5 Å². The van der Waals surface area contributed by atoms with Crippen molar-refractivity contribution >= 4 is 29.1 Å². The topological polar surface area (TPSA) is 140 Å². The van der Waals surface area contributed by atoms with Gasteiger partial charge in [0.05, 0.1) is 28.9 Å². The van der Waals surface area contributed by atoms with Crippen molar-refractivity contribution in [3.63, 3.8) is 0 Å². The van der Waals surface area contributed by atoms with Crippen LogP contribution in [0, 0.1) is 25.6 Å². The molecule has 0 aliphatic carbocycles. The molecule has 3 atom stereocenters. The Morgan fingerprint density at radius 2 is 1.85 bits per heavy atom. The van der Waals surface area contributed by atoms with E-state index in [0.717, 1.165) is 6.26 Å². The second-order valence-electron chi connectivity index (χ2n) is 9.38. The van der Waals surface area contributed by atoms with Crippen LogP contribution in [0.1, 0.15) is 46.7 Å². The minimum absolute atomic E-state index is 0.0543. The van der Waals surface area contributed by atoms with Crippen molar-refractivity contribution < 1.29 is 36.5 Å². The lowest BCUT2D eigenvalue weighted by molar-refractivity contribution is -0.144. The van der Waals surface area contributed by atoms with E-state index in [-0.39, 0.29) is 17.0 Å². The summed E-state index contributed by atoms with van der Waals surface area (Å²) in [5.41, 5.74) is 7.98. The number of hydrogen-bond donors (Lipinski definition) is 3. The van der Waals surface area contributed by atoms with Gasteiger partial charge in [-0.25, -0.2) is 9.38 Å². The number of aromatic nitrogens is 1. The summed E-state index contributed by atoms with van der Waals surface area (Å²) in [7, 11) is 0. The zero-order valence-corrected chi connectivity index (χ0v) is 21.4. The highest BCUT2D eigenvalue weighted by Gasteiger charge is 2.40. The molecule has 0 saturated heterocycles. The first-order valence-corrected chi connectivity index (χ1v) is 12.2. The Kier molecular flexibility index (Phi) is 8.03. The molecule has 2 aromatic carbocycles. The summed E-state index contributed by atoms with van der Waals surface area (Å²) < 4.78 is 58.1. The van der Waals surface area contributed by atoms with Crippen molar-refractivity contribution in [1.29, 1.82) is 0 Å². The van der Waals surface area contributed by atoms with E-state index in [0.29, 0.717) is 22.4 Å². The molecule has 0 saturated carbocycles. The van der Waals surface area contributed by atoms with Gasteiger partial charge < -0.3 is 20.9 Å². The molecule has 40 heavy (non-hydrogen) atoms. The largest absolute Gasteiger partial charge is 0.389 e. The summed E-state index contributed by atoms with van der Waals surface area (Å²) in [5.74, 6) is -6.57. The molecule has 1 unspecified atom stereocenters. The number of carbonyl (C=O) groups excluding carboxylic acids is 3. The molecule has 1 aliphatic rings. The number of rotatable bonds is 8. The lowest BCUT2D eigenvalue weighted by Crippen LogP contribution is -2.47. The van der Waals surface area contributed by atoms with E-state index in [9.17, 15) is 31.9 Å². The SMILES string of the molecule is Cc1cccc2c1NC(=O)[C@@H](NC(=O)[C@H](CCC(F)(F)F)C(C(N)=O)c1conc1C)N=C2c1ccc(F)cc1. The maximum atomic E-state index is 13.6. The lowest BCUT2D eigenvalue weighted by atomic mass is 9.82. The maximum absolute atomic E-state index is 13.6. The van der Waals surface area contributed by atoms with Gasteiger partial charge in [0.15, 0.2) is 0 Å². The molecule has 0 bridgehead atoms. The Labute approximate surface area is 225 Å². The predicted molar refractivity (Wildman–Crippen MR) is 136 cm³/mol. The van der Waals surface area contributed by atoms with Gasteiger partial charge in [0, 0.05) is 23.1 Å². The molecule has 1 aromatic heterocycles. The zero-order valence-electron chi connectivity index (χ0n) is 21.4. The number of primary amides is 1. The molecule has 3 amide bonds. The Hall–Kier alpha value is -4.55. The van der Waals surface area contributed by atoms with E-state index in [1.54, 1.807) is 25.1 Å². The average molecular weight is 560 g/mol. The number of benzene rings is 2. The molecule has 9 nitrogen and oxygen atoms in total. The van der Waals surface area contributed by atoms with Crippen LogP contribution in [0.15, 0.2) is 58.2 Å². The van der Waals surface area contributed by atoms with Gasteiger partial charge in [-0.05, 0) is 50.1 Å². The summed E-state index contributed by atoms with van der Waals surface area (Å²) in [6, 6.07) is 10.4. The third-order valence-corrected chi connectivity index (χ3v) is 6.59. The number of amides is 3. The fourth-order valence-electron chi connectivity index (χ4n) is 4.59. The Bertz CT molecular complexity index is 1470. The first kappa shape index (κ1) is 28.5. The Morgan fingerprint density at radius 3 is 2.45 bits per heavy atom. The van der Waals surface area contributed by atoms with Crippen molar-refractivity contribution in [1.82, 2.24) is 10.5 Å². The molecule has 13 heteroatoms. The van der Waals surface area contributed by atoms with Gasteiger partial charge in [0.25, 0.3) is 5.91 Å². The number of anilines is 1. The molecule has 210 valence electrons. The van der Waals surface area contributed by atoms with Crippen molar-refractivity contribution in [3.8, 4) is 0 Å². The van der Waals surface area contributed by atoms with E-state index in [4.69, 9.17) is 10.3 Å². The van der Waals surface area contributed by atoms with Gasteiger partial charge in [-0.15, -0.1) is 0 Å². The number of aliphatic imine (C=N–C) groups is 1. The Morgan fingerprint density at radius 1 is 1.15 bits per heavy atom. The fourth-order valence-corrected chi connectivity index (χ4v) is 4.59. The second-order valence-corrected chi connectivity index (χ2v) is 9.38. The third-order valence-electron chi connectivity index (χ3n) is 6.59. The predicted octanol–water partition coefficient (Wildman–Crippen LogP) is 3.89. The number of benzodiazepines with no additional fused rings is 1. The standard InChI is InChI=1S/C27H25F4N5O4/c1-13-4-3-5-18-21(13)34-26(39)24(33-22(18)15-6-8-16(28)9-7-15)35-25(38)17(10-11-27(29,30)31)20(23(32)37)19-12-40-36-14(19)2/h3-9,12,17,20,24H,10-11H2,1-2H3,(H2,32,37)(H,34,39)(H,35,38)/t17-,20?,24-/m1/s1. The number of nitrogens with two attached hydrogens (primary N) is 1. The molecule has 3 aromatic rings. The maximum Gasteiger partial charge on any atom is 0.389 e. The monoisotopic (exact) mass is 559 g/mol. The van der Waals surface area contributed by atoms with Crippen molar-refractivity contribution in [2.24, 2.45) is 16.6 Å². The van der Waals surface area contributed by atoms with Crippen LogP contribution < -0.4 is 16.4 Å². The molecule has 0 spiro atoms. The minimum atomic E-state index is -4.64.